The molecule has 0 aliphatic rings. The number of benzene rings is 2. The summed E-state index contributed by atoms with van der Waals surface area (Å²) in [6.45, 7) is 0. The highest BCUT2D eigenvalue weighted by molar-refractivity contribution is 7.90. The number of urea groups is 1. The van der Waals surface area contributed by atoms with E-state index in [9.17, 15) is 18.0 Å². The number of halogens is 1. The van der Waals surface area contributed by atoms with Crippen LogP contribution in [0.3, 0.4) is 0 Å². The number of sulfonamides is 1. The topological polar surface area (TPSA) is 109 Å². The smallest absolute Gasteiger partial charge is 0.328 e. The van der Waals surface area contributed by atoms with Gasteiger partial charge in [-0.15, -0.1) is 0 Å². The number of aromatic nitrogens is 1. The Balaban J connectivity index is 1.80. The minimum atomic E-state index is -3.99. The fourth-order valence-electron chi connectivity index (χ4n) is 2.68. The van der Waals surface area contributed by atoms with E-state index in [0.717, 1.165) is 10.9 Å². The average molecular weight is 421 g/mol. The molecular weight excluding hydrogens is 404 g/mol. The summed E-state index contributed by atoms with van der Waals surface area (Å²) in [5.74, 6) is -0.353. The van der Waals surface area contributed by atoms with Crippen molar-refractivity contribution in [1.29, 1.82) is 0 Å². The molecule has 0 spiro atoms. The maximum Gasteiger partial charge on any atom is 0.328 e. The zero-order valence-electron chi connectivity index (χ0n) is 15.0. The molecule has 0 aliphatic heterocycles. The van der Waals surface area contributed by atoms with Gasteiger partial charge in [0.05, 0.1) is 4.90 Å². The van der Waals surface area contributed by atoms with Gasteiger partial charge in [-0.2, -0.15) is 0 Å². The van der Waals surface area contributed by atoms with E-state index in [4.69, 9.17) is 11.6 Å². The van der Waals surface area contributed by atoms with Crippen molar-refractivity contribution in [1.82, 2.24) is 14.6 Å². The van der Waals surface area contributed by atoms with Gasteiger partial charge in [0.25, 0.3) is 15.9 Å². The number of hydrogen-bond acceptors (Lipinski definition) is 4. The molecule has 0 aliphatic carbocycles. The highest BCUT2D eigenvalue weighted by atomic mass is 35.5. The number of carbonyl (C=O) groups is 2. The van der Waals surface area contributed by atoms with Crippen molar-refractivity contribution in [3.05, 3.63) is 59.2 Å². The molecule has 0 saturated heterocycles. The Kier molecular flexibility index (Phi) is 5.30. The monoisotopic (exact) mass is 420 g/mol. The van der Waals surface area contributed by atoms with Gasteiger partial charge in [0.15, 0.2) is 0 Å². The van der Waals surface area contributed by atoms with Crippen molar-refractivity contribution in [2.45, 2.75) is 4.90 Å². The van der Waals surface area contributed by atoms with Gasteiger partial charge < -0.3 is 15.2 Å². The van der Waals surface area contributed by atoms with E-state index in [1.165, 1.54) is 31.3 Å². The lowest BCUT2D eigenvalue weighted by Crippen LogP contribution is -2.37. The zero-order valence-corrected chi connectivity index (χ0v) is 16.6. The third-order valence-electron chi connectivity index (χ3n) is 4.11. The molecule has 3 amide bonds. The number of nitrogens with zero attached hydrogens (tertiary/aromatic N) is 1. The maximum atomic E-state index is 12.6. The Morgan fingerprint density at radius 2 is 1.71 bits per heavy atom. The van der Waals surface area contributed by atoms with Gasteiger partial charge in [-0.05, 0) is 48.5 Å². The summed E-state index contributed by atoms with van der Waals surface area (Å²) >= 11 is 5.99. The van der Waals surface area contributed by atoms with Crippen molar-refractivity contribution in [3.63, 3.8) is 0 Å². The van der Waals surface area contributed by atoms with Crippen LogP contribution < -0.4 is 15.4 Å². The Labute approximate surface area is 166 Å². The minimum Gasteiger partial charge on any atom is -0.340 e. The van der Waals surface area contributed by atoms with Gasteiger partial charge in [-0.1, -0.05) is 11.6 Å². The second-order valence-corrected chi connectivity index (χ2v) is 8.07. The molecule has 1 heterocycles. The molecule has 3 N–H and O–H groups in total. The summed E-state index contributed by atoms with van der Waals surface area (Å²) < 4.78 is 27.7. The first kappa shape index (κ1) is 19.7. The third kappa shape index (κ3) is 3.95. The van der Waals surface area contributed by atoms with Gasteiger partial charge in [0, 0.05) is 35.7 Å². The predicted molar refractivity (Wildman–Crippen MR) is 107 cm³/mol. The largest absolute Gasteiger partial charge is 0.340 e. The molecule has 0 saturated carbocycles. The summed E-state index contributed by atoms with van der Waals surface area (Å²) in [4.78, 5) is 23.7. The van der Waals surface area contributed by atoms with E-state index in [1.807, 2.05) is 10.8 Å². The van der Waals surface area contributed by atoms with Gasteiger partial charge >= 0.3 is 6.03 Å². The molecule has 28 heavy (non-hydrogen) atoms. The van der Waals surface area contributed by atoms with Crippen LogP contribution >= 0.6 is 11.6 Å². The van der Waals surface area contributed by atoms with Crippen molar-refractivity contribution in [2.24, 2.45) is 7.05 Å². The van der Waals surface area contributed by atoms with Gasteiger partial charge in [-0.25, -0.2) is 17.9 Å². The van der Waals surface area contributed by atoms with Crippen LogP contribution in [-0.4, -0.2) is 32.0 Å². The molecule has 0 atom stereocenters. The molecule has 8 nitrogen and oxygen atoms in total. The fraction of sp³-hybridized carbons (Fsp3) is 0.111. The third-order valence-corrected chi connectivity index (χ3v) is 5.70. The van der Waals surface area contributed by atoms with E-state index < -0.39 is 16.1 Å². The quantitative estimate of drug-likeness (QED) is 0.602. The zero-order chi connectivity index (χ0) is 20.5. The lowest BCUT2D eigenvalue weighted by atomic mass is 10.2. The van der Waals surface area contributed by atoms with Crippen LogP contribution in [0.15, 0.2) is 53.4 Å². The molecule has 0 radical (unpaired) electrons. The van der Waals surface area contributed by atoms with Gasteiger partial charge in [0.1, 0.15) is 5.69 Å². The highest BCUT2D eigenvalue weighted by Gasteiger charge is 2.18. The molecule has 2 aromatic carbocycles. The number of amides is 3. The second-order valence-electron chi connectivity index (χ2n) is 5.95. The van der Waals surface area contributed by atoms with E-state index in [1.54, 1.807) is 29.8 Å². The number of hydrogen-bond donors (Lipinski definition) is 3. The van der Waals surface area contributed by atoms with Crippen molar-refractivity contribution in [3.8, 4) is 0 Å². The molecular formula is C18H17ClN4O4S. The van der Waals surface area contributed by atoms with Crippen LogP contribution in [0.25, 0.3) is 10.9 Å². The van der Waals surface area contributed by atoms with E-state index >= 15 is 0 Å². The number of carbonyl (C=O) groups excluding carboxylic acids is 2. The van der Waals surface area contributed by atoms with Crippen LogP contribution in [0, 0.1) is 0 Å². The summed E-state index contributed by atoms with van der Waals surface area (Å²) in [5, 5.41) is 6.30. The molecule has 0 unspecified atom stereocenters. The van der Waals surface area contributed by atoms with E-state index in [2.05, 4.69) is 10.6 Å². The SMILES string of the molecule is CNC(=O)NS(=O)(=O)c1ccc(NC(=O)c2cc3cc(Cl)ccc3n2C)cc1. The van der Waals surface area contributed by atoms with Crippen LogP contribution in [0.2, 0.25) is 5.02 Å². The van der Waals surface area contributed by atoms with Crippen LogP contribution in [0.4, 0.5) is 10.5 Å². The standard InChI is InChI=1S/C18H17ClN4O4S/c1-20-18(25)22-28(26,27)14-6-4-13(5-7-14)21-17(24)16-10-11-9-12(19)3-8-15(11)23(16)2/h3-10H,1-2H3,(H,21,24)(H2,20,22,25). The molecule has 3 aromatic rings. The summed E-state index contributed by atoms with van der Waals surface area (Å²) in [5.41, 5.74) is 1.69. The normalized spacial score (nSPS) is 11.2. The lowest BCUT2D eigenvalue weighted by Gasteiger charge is -2.09. The van der Waals surface area contributed by atoms with E-state index in [-0.39, 0.29) is 10.8 Å². The predicted octanol–water partition coefficient (Wildman–Crippen LogP) is 2.70. The lowest BCUT2D eigenvalue weighted by molar-refractivity contribution is 0.101. The molecule has 10 heteroatoms. The summed E-state index contributed by atoms with van der Waals surface area (Å²) in [6.07, 6.45) is 0. The Morgan fingerprint density at radius 1 is 1.04 bits per heavy atom. The molecule has 0 bridgehead atoms. The van der Waals surface area contributed by atoms with Crippen LogP contribution in [0.5, 0.6) is 0 Å². The van der Waals surface area contributed by atoms with Gasteiger partial charge in [-0.3, -0.25) is 4.79 Å². The Bertz CT molecular complexity index is 1170. The van der Waals surface area contributed by atoms with Crippen LogP contribution in [-0.2, 0) is 17.1 Å². The number of nitrogens with one attached hydrogen (secondary N) is 3. The number of anilines is 1. The molecule has 3 rings (SSSR count). The van der Waals surface area contributed by atoms with Crippen LogP contribution in [0.1, 0.15) is 10.5 Å². The summed E-state index contributed by atoms with van der Waals surface area (Å²) in [7, 11) is -0.909. The molecule has 1 aromatic heterocycles. The highest BCUT2D eigenvalue weighted by Crippen LogP contribution is 2.23. The number of aryl methyl sites for hydroxylation is 1. The molecule has 0 fully saturated rings. The average Bonchev–Trinajstić information content (AvgIpc) is 2.97. The maximum absolute atomic E-state index is 12.6. The van der Waals surface area contributed by atoms with E-state index in [0.29, 0.717) is 16.4 Å². The van der Waals surface area contributed by atoms with Crippen molar-refractivity contribution in [2.75, 3.05) is 12.4 Å². The second kappa shape index (κ2) is 7.53. The molecule has 146 valence electrons. The number of rotatable bonds is 4. The fourth-order valence-corrected chi connectivity index (χ4v) is 3.82. The van der Waals surface area contributed by atoms with Crippen molar-refractivity contribution >= 4 is 50.2 Å². The van der Waals surface area contributed by atoms with Crippen molar-refractivity contribution < 1.29 is 18.0 Å². The minimum absolute atomic E-state index is 0.103. The van der Waals surface area contributed by atoms with Gasteiger partial charge in [0.2, 0.25) is 0 Å². The number of fused-ring (bicyclic) bond motifs is 1. The Hall–Kier alpha value is -3.04. The summed E-state index contributed by atoms with van der Waals surface area (Å²) in [6, 6.07) is 11.7. The first-order chi connectivity index (χ1) is 13.2. The first-order valence-electron chi connectivity index (χ1n) is 8.12. The Morgan fingerprint density at radius 3 is 2.36 bits per heavy atom. The first-order valence-corrected chi connectivity index (χ1v) is 9.98.